The molecule has 1 heterocycles. The van der Waals surface area contributed by atoms with Crippen LogP contribution >= 0.6 is 11.6 Å². The Hall–Kier alpha value is -2.32. The van der Waals surface area contributed by atoms with Crippen LogP contribution in [-0.2, 0) is 4.74 Å². The van der Waals surface area contributed by atoms with Crippen molar-refractivity contribution in [3.63, 3.8) is 0 Å². The van der Waals surface area contributed by atoms with Gasteiger partial charge in [-0.25, -0.2) is 4.79 Å². The zero-order chi connectivity index (χ0) is 14.0. The molecule has 0 bridgehead atoms. The van der Waals surface area contributed by atoms with Crippen molar-refractivity contribution < 1.29 is 13.9 Å². The molecule has 5 nitrogen and oxygen atoms in total. The molecule has 0 unspecified atom stereocenters. The molecule has 0 saturated heterocycles. The maximum Gasteiger partial charge on any atom is 0.374 e. The molecule has 1 aromatic heterocycles. The predicted molar refractivity (Wildman–Crippen MR) is 68.2 cm³/mol. The van der Waals surface area contributed by atoms with Crippen molar-refractivity contribution in [2.45, 2.75) is 6.92 Å². The van der Waals surface area contributed by atoms with Crippen molar-refractivity contribution in [1.82, 2.24) is 0 Å². The third-order valence-electron chi connectivity index (χ3n) is 2.41. The minimum atomic E-state index is -0.720. The SMILES string of the molecule is CCOC(=O)c1cc(=O)c2cc(C#N)c(Cl)cc2o1. The number of hydrogen-bond acceptors (Lipinski definition) is 5. The molecule has 0 N–H and O–H groups in total. The summed E-state index contributed by atoms with van der Waals surface area (Å²) < 4.78 is 10.0. The van der Waals surface area contributed by atoms with Gasteiger partial charge >= 0.3 is 5.97 Å². The van der Waals surface area contributed by atoms with E-state index in [-0.39, 0.29) is 33.9 Å². The van der Waals surface area contributed by atoms with Crippen molar-refractivity contribution in [2.75, 3.05) is 6.61 Å². The fourth-order valence-electron chi connectivity index (χ4n) is 1.57. The minimum absolute atomic E-state index is 0.138. The number of rotatable bonds is 2. The summed E-state index contributed by atoms with van der Waals surface area (Å²) in [6.45, 7) is 1.82. The zero-order valence-corrected chi connectivity index (χ0v) is 10.7. The number of carbonyl (C=O) groups excluding carboxylic acids is 1. The van der Waals surface area contributed by atoms with Crippen LogP contribution in [0.15, 0.2) is 27.4 Å². The Morgan fingerprint density at radius 1 is 1.47 bits per heavy atom. The van der Waals surface area contributed by atoms with Gasteiger partial charge in [0.05, 0.1) is 22.6 Å². The Kier molecular flexibility index (Phi) is 3.54. The van der Waals surface area contributed by atoms with Crippen LogP contribution in [-0.4, -0.2) is 12.6 Å². The standard InChI is InChI=1S/C13H8ClNO4/c1-2-18-13(17)12-5-10(16)8-3-7(6-15)9(14)4-11(8)19-12/h3-5H,2H2,1H3. The number of esters is 1. The van der Waals surface area contributed by atoms with Crippen LogP contribution in [0.4, 0.5) is 0 Å². The molecule has 0 aliphatic carbocycles. The largest absolute Gasteiger partial charge is 0.460 e. The summed E-state index contributed by atoms with van der Waals surface area (Å²) in [7, 11) is 0. The number of hydrogen-bond donors (Lipinski definition) is 0. The van der Waals surface area contributed by atoms with Crippen LogP contribution in [0.3, 0.4) is 0 Å². The molecule has 96 valence electrons. The Morgan fingerprint density at radius 3 is 2.84 bits per heavy atom. The molecule has 0 radical (unpaired) electrons. The van der Waals surface area contributed by atoms with Gasteiger partial charge in [-0.1, -0.05) is 11.6 Å². The van der Waals surface area contributed by atoms with E-state index >= 15 is 0 Å². The molecular weight excluding hydrogens is 270 g/mol. The van der Waals surface area contributed by atoms with Gasteiger partial charge in [-0.15, -0.1) is 0 Å². The molecule has 0 atom stereocenters. The third-order valence-corrected chi connectivity index (χ3v) is 2.73. The quantitative estimate of drug-likeness (QED) is 0.788. The second kappa shape index (κ2) is 5.12. The van der Waals surface area contributed by atoms with Crippen LogP contribution < -0.4 is 5.43 Å². The molecule has 0 amide bonds. The van der Waals surface area contributed by atoms with Crippen LogP contribution in [0.5, 0.6) is 0 Å². The average Bonchev–Trinajstić information content (AvgIpc) is 2.38. The van der Waals surface area contributed by atoms with E-state index < -0.39 is 11.4 Å². The Balaban J connectivity index is 2.68. The number of benzene rings is 1. The molecule has 0 fully saturated rings. The first-order valence-corrected chi connectivity index (χ1v) is 5.79. The number of ether oxygens (including phenoxy) is 1. The number of halogens is 1. The molecule has 2 aromatic rings. The fraction of sp³-hybridized carbons (Fsp3) is 0.154. The molecule has 19 heavy (non-hydrogen) atoms. The van der Waals surface area contributed by atoms with E-state index in [0.717, 1.165) is 6.07 Å². The van der Waals surface area contributed by atoms with E-state index in [4.69, 9.17) is 26.0 Å². The highest BCUT2D eigenvalue weighted by Crippen LogP contribution is 2.22. The number of nitriles is 1. The van der Waals surface area contributed by atoms with Crippen molar-refractivity contribution in [1.29, 1.82) is 5.26 Å². The van der Waals surface area contributed by atoms with Gasteiger partial charge in [-0.2, -0.15) is 5.26 Å². The monoisotopic (exact) mass is 277 g/mol. The molecular formula is C13H8ClNO4. The second-order valence-electron chi connectivity index (χ2n) is 3.64. The first kappa shape index (κ1) is 13.1. The fourth-order valence-corrected chi connectivity index (χ4v) is 1.76. The van der Waals surface area contributed by atoms with Crippen molar-refractivity contribution in [3.05, 3.63) is 44.8 Å². The molecule has 0 saturated carbocycles. The van der Waals surface area contributed by atoms with Crippen LogP contribution in [0.2, 0.25) is 5.02 Å². The Bertz CT molecular complexity index is 758. The summed E-state index contributed by atoms with van der Waals surface area (Å²) in [6, 6.07) is 5.57. The van der Waals surface area contributed by atoms with E-state index in [1.54, 1.807) is 6.92 Å². The van der Waals surface area contributed by atoms with Crippen molar-refractivity contribution >= 4 is 28.5 Å². The molecule has 0 aliphatic heterocycles. The van der Waals surface area contributed by atoms with Gasteiger partial charge in [-0.3, -0.25) is 4.79 Å². The van der Waals surface area contributed by atoms with Gasteiger partial charge < -0.3 is 9.15 Å². The highest BCUT2D eigenvalue weighted by atomic mass is 35.5. The summed E-state index contributed by atoms with van der Waals surface area (Å²) in [5.41, 5.74) is -0.123. The van der Waals surface area contributed by atoms with E-state index in [2.05, 4.69) is 0 Å². The summed E-state index contributed by atoms with van der Waals surface area (Å²) in [4.78, 5) is 23.4. The summed E-state index contributed by atoms with van der Waals surface area (Å²) in [5.74, 6) is -0.915. The first-order valence-electron chi connectivity index (χ1n) is 5.41. The Labute approximate surface area is 113 Å². The highest BCUT2D eigenvalue weighted by molar-refractivity contribution is 6.32. The van der Waals surface area contributed by atoms with Crippen molar-refractivity contribution in [3.8, 4) is 6.07 Å². The number of carbonyl (C=O) groups is 1. The lowest BCUT2D eigenvalue weighted by Gasteiger charge is -2.03. The maximum atomic E-state index is 11.9. The van der Waals surface area contributed by atoms with Crippen LogP contribution in [0.25, 0.3) is 11.0 Å². The highest BCUT2D eigenvalue weighted by Gasteiger charge is 2.14. The summed E-state index contributed by atoms with van der Waals surface area (Å²) in [6.07, 6.45) is 0. The lowest BCUT2D eigenvalue weighted by molar-refractivity contribution is 0.0490. The van der Waals surface area contributed by atoms with Crippen molar-refractivity contribution in [2.24, 2.45) is 0 Å². The predicted octanol–water partition coefficient (Wildman–Crippen LogP) is 2.49. The Morgan fingerprint density at radius 2 is 2.21 bits per heavy atom. The second-order valence-corrected chi connectivity index (χ2v) is 4.04. The molecule has 1 aromatic carbocycles. The van der Waals surface area contributed by atoms with E-state index in [1.165, 1.54) is 12.1 Å². The molecule has 0 spiro atoms. The van der Waals surface area contributed by atoms with Crippen LogP contribution in [0.1, 0.15) is 23.0 Å². The van der Waals surface area contributed by atoms with E-state index in [0.29, 0.717) is 0 Å². The first-order chi connectivity index (χ1) is 9.06. The van der Waals surface area contributed by atoms with E-state index in [1.807, 2.05) is 6.07 Å². The lowest BCUT2D eigenvalue weighted by atomic mass is 10.1. The number of fused-ring (bicyclic) bond motifs is 1. The van der Waals surface area contributed by atoms with Gasteiger partial charge in [0.25, 0.3) is 0 Å². The van der Waals surface area contributed by atoms with Crippen LogP contribution in [0, 0.1) is 11.3 Å². The smallest absolute Gasteiger partial charge is 0.374 e. The minimum Gasteiger partial charge on any atom is -0.460 e. The maximum absolute atomic E-state index is 11.9. The molecule has 2 rings (SSSR count). The topological polar surface area (TPSA) is 80.3 Å². The summed E-state index contributed by atoms with van der Waals surface area (Å²) in [5, 5.41) is 9.18. The number of nitrogens with zero attached hydrogens (tertiary/aromatic N) is 1. The third kappa shape index (κ3) is 2.44. The molecule has 6 heteroatoms. The van der Waals surface area contributed by atoms with Gasteiger partial charge in [0.2, 0.25) is 5.76 Å². The van der Waals surface area contributed by atoms with Gasteiger partial charge in [0, 0.05) is 12.1 Å². The van der Waals surface area contributed by atoms with E-state index in [9.17, 15) is 9.59 Å². The van der Waals surface area contributed by atoms with Gasteiger partial charge in [0.15, 0.2) is 5.43 Å². The molecule has 0 aliphatic rings. The zero-order valence-electron chi connectivity index (χ0n) is 9.90. The normalized spacial score (nSPS) is 10.2. The summed E-state index contributed by atoms with van der Waals surface area (Å²) >= 11 is 5.85. The lowest BCUT2D eigenvalue weighted by Crippen LogP contribution is -2.10. The van der Waals surface area contributed by atoms with Gasteiger partial charge in [-0.05, 0) is 13.0 Å². The average molecular weight is 278 g/mol. The van der Waals surface area contributed by atoms with Gasteiger partial charge in [0.1, 0.15) is 11.7 Å².